The number of hydrogen-bond donors (Lipinski definition) is 10. The van der Waals surface area contributed by atoms with Crippen LogP contribution in [-0.4, -0.2) is 149 Å². The molecule has 2 aliphatic heterocycles. The van der Waals surface area contributed by atoms with Gasteiger partial charge in [-0.1, -0.05) is 0 Å². The molecule has 0 aromatic heterocycles. The number of aliphatic hydroxyl groups is 8. The van der Waals surface area contributed by atoms with Crippen molar-refractivity contribution in [1.29, 1.82) is 0 Å². The molecule has 2 aliphatic rings. The normalized spacial score (nSPS) is 39.1. The Kier molecular flexibility index (Phi) is 9.47. The highest BCUT2D eigenvalue weighted by atomic mass is 16.8. The van der Waals surface area contributed by atoms with Crippen LogP contribution in [0.1, 0.15) is 12.8 Å². The van der Waals surface area contributed by atoms with Crippen LogP contribution in [-0.2, 0) is 33.3 Å². The Hall–Kier alpha value is -2.03. The van der Waals surface area contributed by atoms with Crippen LogP contribution in [0.3, 0.4) is 0 Å². The van der Waals surface area contributed by atoms with E-state index in [1.54, 1.807) is 0 Å². The van der Waals surface area contributed by atoms with Crippen LogP contribution < -0.4 is 0 Å². The van der Waals surface area contributed by atoms with Crippen LogP contribution in [0.15, 0.2) is 0 Å². The molecule has 202 valence electrons. The second-order valence-corrected chi connectivity index (χ2v) is 8.14. The van der Waals surface area contributed by atoms with Crippen LogP contribution in [0.5, 0.6) is 0 Å². The van der Waals surface area contributed by atoms with E-state index in [0.717, 1.165) is 0 Å². The van der Waals surface area contributed by atoms with Gasteiger partial charge in [-0.05, 0) is 0 Å². The SMILES string of the molecule is O=C(O)CC(O)(CC(=O)OC[C@H]1O[C@H](O[C@]2(CO)O[C@H](CO)[C@@H](O)[C@@H]2O)[C@H](O)[C@@H](O)[C@@H]1O)C(=O)O. The first-order chi connectivity index (χ1) is 16.2. The summed E-state index contributed by atoms with van der Waals surface area (Å²) in [5.41, 5.74) is -3.00. The number of carbonyl (C=O) groups excluding carboxylic acids is 1. The van der Waals surface area contributed by atoms with E-state index >= 15 is 0 Å². The Bertz CT molecular complexity index is 776. The highest BCUT2D eigenvalue weighted by Crippen LogP contribution is 2.36. The first-order valence-corrected chi connectivity index (χ1v) is 10.2. The average Bonchev–Trinajstić information content (AvgIpc) is 3.02. The Morgan fingerprint density at radius 1 is 0.886 bits per heavy atom. The summed E-state index contributed by atoms with van der Waals surface area (Å²) in [6.07, 6.45) is -17.3. The van der Waals surface area contributed by atoms with Gasteiger partial charge in [0.15, 0.2) is 11.9 Å². The summed E-state index contributed by atoms with van der Waals surface area (Å²) in [5.74, 6) is -7.57. The quantitative estimate of drug-likeness (QED) is 0.114. The van der Waals surface area contributed by atoms with Gasteiger partial charge in [0.05, 0.1) is 19.4 Å². The minimum absolute atomic E-state index is 0.790. The first-order valence-electron chi connectivity index (χ1n) is 10.2. The van der Waals surface area contributed by atoms with Crippen LogP contribution >= 0.6 is 0 Å². The zero-order valence-corrected chi connectivity index (χ0v) is 18.0. The molecular weight excluding hydrogens is 488 g/mol. The number of esters is 1. The van der Waals surface area contributed by atoms with E-state index in [-0.39, 0.29) is 0 Å². The third kappa shape index (κ3) is 6.22. The van der Waals surface area contributed by atoms with Gasteiger partial charge >= 0.3 is 17.9 Å². The molecule has 17 nitrogen and oxygen atoms in total. The molecule has 0 radical (unpaired) electrons. The minimum Gasteiger partial charge on any atom is -0.481 e. The highest BCUT2D eigenvalue weighted by molar-refractivity contribution is 5.88. The molecule has 0 bridgehead atoms. The Morgan fingerprint density at radius 2 is 1.51 bits per heavy atom. The van der Waals surface area contributed by atoms with Crippen LogP contribution in [0, 0.1) is 0 Å². The van der Waals surface area contributed by atoms with Crippen molar-refractivity contribution in [2.75, 3.05) is 19.8 Å². The third-order valence-electron chi connectivity index (χ3n) is 5.58. The number of carbonyl (C=O) groups is 3. The van der Waals surface area contributed by atoms with Crippen molar-refractivity contribution < 1.29 is 84.4 Å². The van der Waals surface area contributed by atoms with Crippen LogP contribution in [0.25, 0.3) is 0 Å². The fourth-order valence-electron chi connectivity index (χ4n) is 3.55. The summed E-state index contributed by atoms with van der Waals surface area (Å²) in [5, 5.41) is 97.1. The lowest BCUT2D eigenvalue weighted by Crippen LogP contribution is -2.63. The molecule has 0 aliphatic carbocycles. The third-order valence-corrected chi connectivity index (χ3v) is 5.58. The van der Waals surface area contributed by atoms with Crippen molar-refractivity contribution in [2.24, 2.45) is 0 Å². The topological polar surface area (TPSA) is 290 Å². The molecule has 1 unspecified atom stereocenters. The summed E-state index contributed by atoms with van der Waals surface area (Å²) in [4.78, 5) is 33.9. The van der Waals surface area contributed by atoms with Crippen molar-refractivity contribution >= 4 is 17.9 Å². The fourth-order valence-corrected chi connectivity index (χ4v) is 3.55. The molecule has 2 heterocycles. The van der Waals surface area contributed by atoms with Gasteiger partial charge in [0, 0.05) is 0 Å². The van der Waals surface area contributed by atoms with Crippen LogP contribution in [0.4, 0.5) is 0 Å². The average molecular weight is 516 g/mol. The molecule has 0 saturated carbocycles. The van der Waals surface area contributed by atoms with Gasteiger partial charge in [0.1, 0.15) is 55.9 Å². The molecule has 0 amide bonds. The van der Waals surface area contributed by atoms with E-state index in [2.05, 4.69) is 0 Å². The molecule has 0 spiro atoms. The zero-order chi connectivity index (χ0) is 26.7. The number of aliphatic carboxylic acids is 2. The van der Waals surface area contributed by atoms with E-state index in [1.165, 1.54) is 0 Å². The smallest absolute Gasteiger partial charge is 0.336 e. The van der Waals surface area contributed by atoms with Crippen molar-refractivity contribution in [3.05, 3.63) is 0 Å². The molecule has 17 heteroatoms. The van der Waals surface area contributed by atoms with Gasteiger partial charge in [-0.25, -0.2) is 4.79 Å². The summed E-state index contributed by atoms with van der Waals surface area (Å²) < 4.78 is 20.4. The Balaban J connectivity index is 2.09. The van der Waals surface area contributed by atoms with Crippen molar-refractivity contribution in [2.45, 2.75) is 73.2 Å². The number of rotatable bonds is 11. The second kappa shape index (κ2) is 11.4. The van der Waals surface area contributed by atoms with Gasteiger partial charge in [-0.15, -0.1) is 0 Å². The van der Waals surface area contributed by atoms with E-state index in [0.29, 0.717) is 0 Å². The van der Waals surface area contributed by atoms with E-state index in [1.807, 2.05) is 0 Å². The Morgan fingerprint density at radius 3 is 2.00 bits per heavy atom. The largest absolute Gasteiger partial charge is 0.481 e. The first kappa shape index (κ1) is 29.2. The highest BCUT2D eigenvalue weighted by Gasteiger charge is 2.58. The summed E-state index contributed by atoms with van der Waals surface area (Å²) in [6, 6.07) is 0. The second-order valence-electron chi connectivity index (χ2n) is 8.14. The lowest BCUT2D eigenvalue weighted by atomic mass is 9.96. The zero-order valence-electron chi connectivity index (χ0n) is 18.0. The van der Waals surface area contributed by atoms with Gasteiger partial charge in [-0.3, -0.25) is 9.59 Å². The van der Waals surface area contributed by atoms with Crippen molar-refractivity contribution in [3.63, 3.8) is 0 Å². The van der Waals surface area contributed by atoms with Gasteiger partial charge in [0.25, 0.3) is 0 Å². The van der Waals surface area contributed by atoms with Gasteiger partial charge < -0.3 is 70.0 Å². The lowest BCUT2D eigenvalue weighted by Gasteiger charge is -2.43. The molecule has 2 fully saturated rings. The van der Waals surface area contributed by atoms with Gasteiger partial charge in [0.2, 0.25) is 5.79 Å². The molecule has 10 N–H and O–H groups in total. The van der Waals surface area contributed by atoms with E-state index in [9.17, 15) is 55.2 Å². The van der Waals surface area contributed by atoms with E-state index < -0.39 is 111 Å². The predicted octanol–water partition coefficient (Wildman–Crippen LogP) is -6.16. The van der Waals surface area contributed by atoms with Crippen molar-refractivity contribution in [1.82, 2.24) is 0 Å². The monoisotopic (exact) mass is 516 g/mol. The summed E-state index contributed by atoms with van der Waals surface area (Å²) in [6.45, 7) is -2.82. The molecule has 0 aromatic rings. The number of aliphatic hydroxyl groups excluding tert-OH is 7. The minimum atomic E-state index is -3.00. The van der Waals surface area contributed by atoms with Crippen molar-refractivity contribution in [3.8, 4) is 0 Å². The standard InChI is InChI=1S/C18H28O17/c19-3-6-11(25)14(28)18(5-20,34-6)35-15-13(27)12(26)10(24)7(33-15)4-32-9(23)2-17(31,16(29)30)1-8(21)22/h6-7,10-15,19-20,24-28,31H,1-5H2,(H,21,22)(H,29,30)/t6-,7-,10-,11-,12+,13-,14+,15-,17?,18+/m1/s1. The predicted molar refractivity (Wildman–Crippen MR) is 102 cm³/mol. The van der Waals surface area contributed by atoms with Crippen LogP contribution in [0.2, 0.25) is 0 Å². The number of ether oxygens (including phenoxy) is 4. The maximum atomic E-state index is 12.0. The maximum Gasteiger partial charge on any atom is 0.336 e. The number of carboxylic acid groups (broad SMARTS) is 2. The Labute approximate surface area is 196 Å². The lowest BCUT2D eigenvalue weighted by molar-refractivity contribution is -0.383. The number of hydrogen-bond acceptors (Lipinski definition) is 15. The molecular formula is C18H28O17. The molecule has 10 atom stereocenters. The molecule has 35 heavy (non-hydrogen) atoms. The number of carboxylic acids is 2. The summed E-state index contributed by atoms with van der Waals surface area (Å²) in [7, 11) is 0. The molecule has 2 rings (SSSR count). The molecule has 0 aromatic carbocycles. The molecule has 2 saturated heterocycles. The maximum absolute atomic E-state index is 12.0. The van der Waals surface area contributed by atoms with Gasteiger partial charge in [-0.2, -0.15) is 0 Å². The summed E-state index contributed by atoms with van der Waals surface area (Å²) >= 11 is 0. The van der Waals surface area contributed by atoms with E-state index in [4.69, 9.17) is 29.2 Å². The fraction of sp³-hybridized carbons (Fsp3) is 0.833.